The molecule has 12 heteroatoms. The minimum atomic E-state index is -3.92. The van der Waals surface area contributed by atoms with E-state index in [2.05, 4.69) is 4.98 Å². The molecule has 0 aliphatic heterocycles. The molecule has 0 saturated heterocycles. The summed E-state index contributed by atoms with van der Waals surface area (Å²) in [6.07, 6.45) is 4.64. The molecule has 0 fully saturated rings. The van der Waals surface area contributed by atoms with Gasteiger partial charge in [0.15, 0.2) is 0 Å². The third-order valence-electron chi connectivity index (χ3n) is 4.96. The molecule has 0 bridgehead atoms. The number of ether oxygens (including phenoxy) is 3. The second-order valence-electron chi connectivity index (χ2n) is 8.06. The molecule has 0 spiro atoms. The Bertz CT molecular complexity index is 1290. The van der Waals surface area contributed by atoms with Crippen LogP contribution in [-0.4, -0.2) is 49.1 Å². The molecule has 1 heterocycles. The fourth-order valence-electron chi connectivity index (χ4n) is 3.23. The molecule has 2 aromatic carbocycles. The SMILES string of the molecule is CC(=O)O[C@H](CCl)COc1ccc(S(=O)(=O)c2ccc(OC[C@H](C)Cn3ccnc3)c(Cl)c2)cc1Cl. The van der Waals surface area contributed by atoms with Gasteiger partial charge in [0.2, 0.25) is 9.84 Å². The Morgan fingerprint density at radius 1 is 1.03 bits per heavy atom. The normalized spacial score (nSPS) is 13.1. The Kier molecular flexibility index (Phi) is 9.90. The Morgan fingerprint density at radius 3 is 2.08 bits per heavy atom. The fourth-order valence-corrected chi connectivity index (χ4v) is 5.30. The quantitative estimate of drug-likeness (QED) is 0.214. The van der Waals surface area contributed by atoms with Crippen LogP contribution in [0.2, 0.25) is 10.0 Å². The summed E-state index contributed by atoms with van der Waals surface area (Å²) < 4.78 is 44.6. The number of aromatic nitrogens is 2. The van der Waals surface area contributed by atoms with E-state index in [9.17, 15) is 13.2 Å². The van der Waals surface area contributed by atoms with Crippen LogP contribution in [0.15, 0.2) is 64.9 Å². The van der Waals surface area contributed by atoms with Gasteiger partial charge in [-0.1, -0.05) is 30.1 Å². The lowest BCUT2D eigenvalue weighted by molar-refractivity contribution is -0.146. The lowest BCUT2D eigenvalue weighted by Gasteiger charge is -2.16. The van der Waals surface area contributed by atoms with Crippen LogP contribution in [0.5, 0.6) is 11.5 Å². The van der Waals surface area contributed by atoms with Crippen molar-refractivity contribution in [3.8, 4) is 11.5 Å². The first kappa shape index (κ1) is 28.1. The molecular weight excluding hydrogens is 551 g/mol. The van der Waals surface area contributed by atoms with Gasteiger partial charge in [0.05, 0.1) is 38.7 Å². The summed E-state index contributed by atoms with van der Waals surface area (Å²) >= 11 is 18.3. The molecule has 0 unspecified atom stereocenters. The zero-order valence-corrected chi connectivity index (χ0v) is 22.6. The van der Waals surface area contributed by atoms with E-state index in [4.69, 9.17) is 49.0 Å². The molecule has 8 nitrogen and oxygen atoms in total. The monoisotopic (exact) mass is 574 g/mol. The van der Waals surface area contributed by atoms with Gasteiger partial charge in [-0.3, -0.25) is 4.79 Å². The Balaban J connectivity index is 1.67. The van der Waals surface area contributed by atoms with Crippen LogP contribution in [0, 0.1) is 5.92 Å². The van der Waals surface area contributed by atoms with E-state index in [0.717, 1.165) is 6.54 Å². The predicted molar refractivity (Wildman–Crippen MR) is 137 cm³/mol. The van der Waals surface area contributed by atoms with Crippen LogP contribution in [0.1, 0.15) is 13.8 Å². The van der Waals surface area contributed by atoms with Gasteiger partial charge in [0, 0.05) is 31.8 Å². The Hall–Kier alpha value is -2.46. The maximum Gasteiger partial charge on any atom is 0.303 e. The Labute approximate surface area is 225 Å². The van der Waals surface area contributed by atoms with Gasteiger partial charge >= 0.3 is 5.97 Å². The van der Waals surface area contributed by atoms with Crippen LogP contribution >= 0.6 is 34.8 Å². The minimum absolute atomic E-state index is 0.00638. The van der Waals surface area contributed by atoms with Crippen molar-refractivity contribution in [1.82, 2.24) is 9.55 Å². The number of benzene rings is 2. The number of rotatable bonds is 12. The van der Waals surface area contributed by atoms with Gasteiger partial charge in [-0.15, -0.1) is 11.6 Å². The number of hydrogen-bond donors (Lipinski definition) is 0. The summed E-state index contributed by atoms with van der Waals surface area (Å²) in [5.41, 5.74) is 0. The number of halogens is 3. The molecule has 0 aliphatic rings. The number of sulfone groups is 1. The van der Waals surface area contributed by atoms with Crippen molar-refractivity contribution in [2.45, 2.75) is 36.3 Å². The number of imidazole rings is 1. The summed E-state index contributed by atoms with van der Waals surface area (Å²) in [6, 6.07) is 8.38. The summed E-state index contributed by atoms with van der Waals surface area (Å²) in [5, 5.41) is 0.250. The zero-order chi connectivity index (χ0) is 26.3. The molecule has 1 aromatic heterocycles. The van der Waals surface area contributed by atoms with E-state index in [-0.39, 0.29) is 44.0 Å². The first-order valence-corrected chi connectivity index (χ1v) is 13.7. The second-order valence-corrected chi connectivity index (χ2v) is 11.1. The van der Waals surface area contributed by atoms with Gasteiger partial charge in [-0.2, -0.15) is 0 Å². The highest BCUT2D eigenvalue weighted by molar-refractivity contribution is 7.91. The van der Waals surface area contributed by atoms with Crippen molar-refractivity contribution in [2.24, 2.45) is 5.92 Å². The van der Waals surface area contributed by atoms with E-state index in [0.29, 0.717) is 12.4 Å². The van der Waals surface area contributed by atoms with E-state index in [1.165, 1.54) is 43.3 Å². The summed E-state index contributed by atoms with van der Waals surface area (Å²) in [5.74, 6) is 0.334. The van der Waals surface area contributed by atoms with Crippen LogP contribution in [0.25, 0.3) is 0 Å². The highest BCUT2D eigenvalue weighted by Crippen LogP contribution is 2.33. The second kappa shape index (κ2) is 12.7. The van der Waals surface area contributed by atoms with E-state index in [1.54, 1.807) is 12.5 Å². The third kappa shape index (κ3) is 7.52. The summed E-state index contributed by atoms with van der Waals surface area (Å²) in [4.78, 5) is 15.1. The molecule has 0 amide bonds. The summed E-state index contributed by atoms with van der Waals surface area (Å²) in [6.45, 7) is 4.37. The molecule has 0 radical (unpaired) electrons. The Morgan fingerprint density at radius 2 is 1.61 bits per heavy atom. The van der Waals surface area contributed by atoms with Gasteiger partial charge in [-0.05, 0) is 36.4 Å². The molecular formula is C24H25Cl3N2O6S. The molecule has 0 saturated carbocycles. The van der Waals surface area contributed by atoms with E-state index in [1.807, 2.05) is 17.7 Å². The zero-order valence-electron chi connectivity index (χ0n) is 19.6. The maximum atomic E-state index is 13.2. The van der Waals surface area contributed by atoms with Crippen molar-refractivity contribution in [3.63, 3.8) is 0 Å². The molecule has 3 aromatic rings. The standard InChI is InChI=1S/C24H25Cl3N2O6S/c1-16(12-29-8-7-28-15-29)13-33-23-5-3-19(9-21(23)26)36(31,32)20-4-6-24(22(27)10-20)34-14-18(11-25)35-17(2)30/h3-10,15-16,18H,11-14H2,1-2H3/t16-,18-/m1/s1. The largest absolute Gasteiger partial charge is 0.492 e. The number of carbonyl (C=O) groups is 1. The third-order valence-corrected chi connectivity index (χ3v) is 7.65. The van der Waals surface area contributed by atoms with Gasteiger partial charge in [-0.25, -0.2) is 13.4 Å². The fraction of sp³-hybridized carbons (Fsp3) is 0.333. The van der Waals surface area contributed by atoms with Crippen LogP contribution in [0.3, 0.4) is 0 Å². The topological polar surface area (TPSA) is 96.7 Å². The van der Waals surface area contributed by atoms with E-state index >= 15 is 0 Å². The number of carbonyl (C=O) groups excluding carboxylic acids is 1. The smallest absolute Gasteiger partial charge is 0.303 e. The summed E-state index contributed by atoms with van der Waals surface area (Å²) in [7, 11) is -3.92. The molecule has 2 atom stereocenters. The number of nitrogens with zero attached hydrogens (tertiary/aromatic N) is 2. The number of hydrogen-bond acceptors (Lipinski definition) is 7. The highest BCUT2D eigenvalue weighted by atomic mass is 35.5. The van der Waals surface area contributed by atoms with Crippen molar-refractivity contribution >= 4 is 50.6 Å². The average Bonchev–Trinajstić information content (AvgIpc) is 3.34. The van der Waals surface area contributed by atoms with Crippen LogP contribution < -0.4 is 9.47 Å². The lowest BCUT2D eigenvalue weighted by Crippen LogP contribution is -2.25. The van der Waals surface area contributed by atoms with Gasteiger partial charge in [0.1, 0.15) is 24.2 Å². The lowest BCUT2D eigenvalue weighted by atomic mass is 10.2. The molecule has 194 valence electrons. The van der Waals surface area contributed by atoms with Gasteiger partial charge in [0.25, 0.3) is 0 Å². The molecule has 0 N–H and O–H groups in total. The average molecular weight is 576 g/mol. The van der Waals surface area contributed by atoms with Crippen molar-refractivity contribution < 1.29 is 27.4 Å². The first-order valence-electron chi connectivity index (χ1n) is 10.9. The maximum absolute atomic E-state index is 13.2. The van der Waals surface area contributed by atoms with Crippen molar-refractivity contribution in [3.05, 3.63) is 65.2 Å². The van der Waals surface area contributed by atoms with Crippen LogP contribution in [0.4, 0.5) is 0 Å². The predicted octanol–water partition coefficient (Wildman–Crippen LogP) is 5.29. The van der Waals surface area contributed by atoms with E-state index < -0.39 is 21.9 Å². The first-order chi connectivity index (χ1) is 17.1. The van der Waals surface area contributed by atoms with Gasteiger partial charge < -0.3 is 18.8 Å². The van der Waals surface area contributed by atoms with Crippen LogP contribution in [-0.2, 0) is 25.9 Å². The van der Waals surface area contributed by atoms with Crippen molar-refractivity contribution in [1.29, 1.82) is 0 Å². The highest BCUT2D eigenvalue weighted by Gasteiger charge is 2.21. The molecule has 3 rings (SSSR count). The molecule has 36 heavy (non-hydrogen) atoms. The number of esters is 1. The van der Waals surface area contributed by atoms with Crippen molar-refractivity contribution in [2.75, 3.05) is 19.1 Å². The molecule has 0 aliphatic carbocycles. The minimum Gasteiger partial charge on any atom is -0.492 e. The number of alkyl halides is 1.